The lowest BCUT2D eigenvalue weighted by Gasteiger charge is -2.03. The molecule has 0 aromatic rings. The first-order chi connectivity index (χ1) is 4.29. The second-order valence-electron chi connectivity index (χ2n) is 2.15. The summed E-state index contributed by atoms with van der Waals surface area (Å²) in [6, 6.07) is 0. The van der Waals surface area contributed by atoms with Gasteiger partial charge in [0.05, 0.1) is 6.10 Å². The Balaban J connectivity index is 2.34. The number of aliphatic hydroxyl groups is 1. The highest BCUT2D eigenvalue weighted by atomic mass is 16.3. The number of rotatable bonds is 0. The summed E-state index contributed by atoms with van der Waals surface area (Å²) in [6.45, 7) is 0.374. The van der Waals surface area contributed by atoms with Crippen molar-refractivity contribution in [1.29, 1.82) is 0 Å². The lowest BCUT2D eigenvalue weighted by molar-refractivity contribution is -0.120. The Hall–Kier alpha value is -0.570. The number of amides is 1. The van der Waals surface area contributed by atoms with Crippen LogP contribution in [0.1, 0.15) is 12.8 Å². The molecule has 0 aromatic heterocycles. The molecule has 1 unspecified atom stereocenters. The summed E-state index contributed by atoms with van der Waals surface area (Å²) in [5, 5.41) is 11.5. The van der Waals surface area contributed by atoms with Crippen molar-refractivity contribution in [3.63, 3.8) is 0 Å². The average Bonchev–Trinajstić information content (AvgIpc) is 1.97. The van der Waals surface area contributed by atoms with Crippen LogP contribution in [0.25, 0.3) is 0 Å². The topological polar surface area (TPSA) is 49.3 Å². The molecule has 1 atom stereocenters. The highest BCUT2D eigenvalue weighted by molar-refractivity contribution is 5.76. The number of β-amino-alcohol motifs (C(OH)–C–C–N with tert-alkyl or cyclic N) is 1. The van der Waals surface area contributed by atoms with E-state index in [4.69, 9.17) is 5.11 Å². The Morgan fingerprint density at radius 2 is 2.56 bits per heavy atom. The molecule has 0 spiro atoms. The van der Waals surface area contributed by atoms with E-state index in [0.29, 0.717) is 19.4 Å². The quantitative estimate of drug-likeness (QED) is 0.460. The molecule has 1 rings (SSSR count). The van der Waals surface area contributed by atoms with Crippen LogP contribution in [0.3, 0.4) is 0 Å². The molecule has 1 amide bonds. The van der Waals surface area contributed by atoms with Crippen LogP contribution < -0.4 is 5.32 Å². The zero-order chi connectivity index (χ0) is 6.69. The summed E-state index contributed by atoms with van der Waals surface area (Å²) in [7, 11) is 0. The van der Waals surface area contributed by atoms with Crippen molar-refractivity contribution in [3.8, 4) is 0 Å². The summed E-state index contributed by atoms with van der Waals surface area (Å²) >= 11 is 0. The zero-order valence-corrected chi connectivity index (χ0v) is 5.13. The summed E-state index contributed by atoms with van der Waals surface area (Å²) < 4.78 is 0. The Morgan fingerprint density at radius 1 is 1.78 bits per heavy atom. The lowest BCUT2D eigenvalue weighted by atomic mass is 10.2. The third-order valence-corrected chi connectivity index (χ3v) is 1.32. The Bertz CT molecular complexity index is 114. The molecule has 3 heteroatoms. The van der Waals surface area contributed by atoms with Crippen molar-refractivity contribution in [2.75, 3.05) is 6.54 Å². The molecular formula is C6H10NO2. The minimum Gasteiger partial charge on any atom is -0.391 e. The van der Waals surface area contributed by atoms with Crippen molar-refractivity contribution >= 4 is 5.91 Å². The minimum atomic E-state index is -0.448. The standard InChI is InChI=1S/C6H10NO2/c8-5-2-1-3-6(9)7-4-5/h2,5,8H,1,3-4H2,(H,7,9). The van der Waals surface area contributed by atoms with Gasteiger partial charge in [0.2, 0.25) is 5.91 Å². The van der Waals surface area contributed by atoms with Gasteiger partial charge in [-0.2, -0.15) is 0 Å². The van der Waals surface area contributed by atoms with Gasteiger partial charge in [0.25, 0.3) is 0 Å². The number of carbonyl (C=O) groups is 1. The van der Waals surface area contributed by atoms with E-state index < -0.39 is 6.10 Å². The maximum Gasteiger partial charge on any atom is 0.220 e. The first kappa shape index (κ1) is 6.55. The first-order valence-corrected chi connectivity index (χ1v) is 3.07. The number of nitrogens with one attached hydrogen (secondary N) is 1. The normalized spacial score (nSPS) is 29.0. The molecular weight excluding hydrogens is 118 g/mol. The van der Waals surface area contributed by atoms with Gasteiger partial charge in [0.1, 0.15) is 0 Å². The molecule has 3 nitrogen and oxygen atoms in total. The van der Waals surface area contributed by atoms with E-state index in [1.54, 1.807) is 6.42 Å². The molecule has 1 fully saturated rings. The van der Waals surface area contributed by atoms with Crippen LogP contribution >= 0.6 is 0 Å². The average molecular weight is 128 g/mol. The monoisotopic (exact) mass is 128 g/mol. The number of hydrogen-bond acceptors (Lipinski definition) is 2. The van der Waals surface area contributed by atoms with Crippen LogP contribution in [0, 0.1) is 6.42 Å². The lowest BCUT2D eigenvalue weighted by Crippen LogP contribution is -2.28. The van der Waals surface area contributed by atoms with E-state index in [9.17, 15) is 4.79 Å². The molecule has 1 aliphatic rings. The van der Waals surface area contributed by atoms with E-state index in [1.807, 2.05) is 0 Å². The van der Waals surface area contributed by atoms with E-state index in [1.165, 1.54) is 0 Å². The molecule has 2 N–H and O–H groups in total. The predicted molar refractivity (Wildman–Crippen MR) is 32.6 cm³/mol. The van der Waals surface area contributed by atoms with E-state index in [-0.39, 0.29) is 5.91 Å². The molecule has 0 aliphatic carbocycles. The third-order valence-electron chi connectivity index (χ3n) is 1.32. The van der Waals surface area contributed by atoms with Crippen molar-refractivity contribution in [3.05, 3.63) is 6.42 Å². The molecule has 1 radical (unpaired) electrons. The fourth-order valence-corrected chi connectivity index (χ4v) is 0.797. The Morgan fingerprint density at radius 3 is 3.33 bits per heavy atom. The largest absolute Gasteiger partial charge is 0.391 e. The van der Waals surface area contributed by atoms with Gasteiger partial charge in [-0.05, 0) is 12.8 Å². The van der Waals surface area contributed by atoms with Crippen LogP contribution in [0.15, 0.2) is 0 Å². The molecule has 1 heterocycles. The number of hydrogen-bond donors (Lipinski definition) is 2. The summed E-state index contributed by atoms with van der Waals surface area (Å²) in [5.74, 6) is 0.0304. The van der Waals surface area contributed by atoms with E-state index in [0.717, 1.165) is 0 Å². The summed E-state index contributed by atoms with van der Waals surface area (Å²) in [4.78, 5) is 10.6. The maximum absolute atomic E-state index is 10.6. The first-order valence-electron chi connectivity index (χ1n) is 3.07. The fourth-order valence-electron chi connectivity index (χ4n) is 0.797. The second kappa shape index (κ2) is 2.82. The Kier molecular flexibility index (Phi) is 2.05. The van der Waals surface area contributed by atoms with Gasteiger partial charge in [-0.15, -0.1) is 0 Å². The van der Waals surface area contributed by atoms with Gasteiger partial charge in [-0.25, -0.2) is 0 Å². The number of carbonyl (C=O) groups excluding carboxylic acids is 1. The molecule has 0 bridgehead atoms. The Labute approximate surface area is 54.1 Å². The second-order valence-corrected chi connectivity index (χ2v) is 2.15. The maximum atomic E-state index is 10.6. The van der Waals surface area contributed by atoms with E-state index >= 15 is 0 Å². The van der Waals surface area contributed by atoms with Gasteiger partial charge in [0.15, 0.2) is 0 Å². The number of aliphatic hydroxyl groups excluding tert-OH is 1. The van der Waals surface area contributed by atoms with Crippen molar-refractivity contribution < 1.29 is 9.90 Å². The summed E-state index contributed by atoms with van der Waals surface area (Å²) in [5.41, 5.74) is 0. The van der Waals surface area contributed by atoms with Gasteiger partial charge in [0, 0.05) is 13.0 Å². The molecule has 0 saturated carbocycles. The fraction of sp³-hybridized carbons (Fsp3) is 0.667. The molecule has 1 aliphatic heterocycles. The van der Waals surface area contributed by atoms with Crippen LogP contribution in [-0.4, -0.2) is 23.7 Å². The van der Waals surface area contributed by atoms with E-state index in [2.05, 4.69) is 5.32 Å². The van der Waals surface area contributed by atoms with Gasteiger partial charge >= 0.3 is 0 Å². The molecule has 1 saturated heterocycles. The zero-order valence-electron chi connectivity index (χ0n) is 5.13. The van der Waals surface area contributed by atoms with Crippen LogP contribution in [-0.2, 0) is 4.79 Å². The smallest absolute Gasteiger partial charge is 0.220 e. The van der Waals surface area contributed by atoms with Gasteiger partial charge in [-0.3, -0.25) is 4.79 Å². The third kappa shape index (κ3) is 2.01. The van der Waals surface area contributed by atoms with Crippen molar-refractivity contribution in [2.24, 2.45) is 0 Å². The highest BCUT2D eigenvalue weighted by Gasteiger charge is 2.11. The molecule has 51 valence electrons. The van der Waals surface area contributed by atoms with Gasteiger partial charge in [-0.1, -0.05) is 0 Å². The summed E-state index contributed by atoms with van der Waals surface area (Å²) in [6.07, 6.45) is 2.50. The minimum absolute atomic E-state index is 0.0304. The van der Waals surface area contributed by atoms with Gasteiger partial charge < -0.3 is 10.4 Å². The predicted octanol–water partition coefficient (Wildman–Crippen LogP) is -0.538. The van der Waals surface area contributed by atoms with Crippen molar-refractivity contribution in [1.82, 2.24) is 5.32 Å². The van der Waals surface area contributed by atoms with Crippen LogP contribution in [0.5, 0.6) is 0 Å². The molecule has 9 heavy (non-hydrogen) atoms. The highest BCUT2D eigenvalue weighted by Crippen LogP contribution is 2.02. The van der Waals surface area contributed by atoms with Crippen LogP contribution in [0.4, 0.5) is 0 Å². The van der Waals surface area contributed by atoms with Crippen LogP contribution in [0.2, 0.25) is 0 Å². The SMILES string of the molecule is O=C1CC[CH]C(O)CN1. The van der Waals surface area contributed by atoms with Crippen molar-refractivity contribution in [2.45, 2.75) is 18.9 Å². The molecule has 0 aromatic carbocycles.